The topological polar surface area (TPSA) is 61.4 Å². The van der Waals surface area contributed by atoms with Crippen molar-refractivity contribution in [1.82, 2.24) is 10.2 Å². The summed E-state index contributed by atoms with van der Waals surface area (Å²) in [5.74, 6) is 0.494. The zero-order chi connectivity index (χ0) is 16.8. The van der Waals surface area contributed by atoms with E-state index in [4.69, 9.17) is 0 Å². The number of hydrogen-bond acceptors (Lipinski definition) is 3. The number of likely N-dealkylation sites (tertiary alicyclic amines) is 1. The number of hydrogen-bond donors (Lipinski definition) is 2. The van der Waals surface area contributed by atoms with Crippen molar-refractivity contribution in [3.05, 3.63) is 29.8 Å². The lowest BCUT2D eigenvalue weighted by Gasteiger charge is -2.21. The molecular formula is C19H27N3O2. The van der Waals surface area contributed by atoms with E-state index in [1.165, 1.54) is 0 Å². The molecule has 0 unspecified atom stereocenters. The summed E-state index contributed by atoms with van der Waals surface area (Å²) in [6.07, 6.45) is 5.41. The van der Waals surface area contributed by atoms with Crippen LogP contribution in [-0.2, 0) is 16.0 Å². The molecular weight excluding hydrogens is 302 g/mol. The molecule has 2 N–H and O–H groups in total. The van der Waals surface area contributed by atoms with E-state index >= 15 is 0 Å². The fraction of sp³-hybridized carbons (Fsp3) is 0.579. The summed E-state index contributed by atoms with van der Waals surface area (Å²) in [6.45, 7) is 3.67. The maximum atomic E-state index is 12.2. The van der Waals surface area contributed by atoms with Crippen molar-refractivity contribution >= 4 is 17.5 Å². The molecule has 0 bridgehead atoms. The second kappa shape index (κ2) is 8.29. The number of nitrogens with zero attached hydrogens (tertiary/aromatic N) is 1. The summed E-state index contributed by atoms with van der Waals surface area (Å²) in [4.78, 5) is 26.3. The lowest BCUT2D eigenvalue weighted by Crippen LogP contribution is -2.34. The summed E-state index contributed by atoms with van der Waals surface area (Å²) < 4.78 is 0. The van der Waals surface area contributed by atoms with E-state index in [1.54, 1.807) is 0 Å². The van der Waals surface area contributed by atoms with Crippen LogP contribution in [0.2, 0.25) is 0 Å². The Morgan fingerprint density at radius 3 is 2.42 bits per heavy atom. The first-order valence-electron chi connectivity index (χ1n) is 9.11. The van der Waals surface area contributed by atoms with Gasteiger partial charge in [-0.15, -0.1) is 0 Å². The van der Waals surface area contributed by atoms with Gasteiger partial charge in [0.2, 0.25) is 11.8 Å². The largest absolute Gasteiger partial charge is 0.343 e. The molecule has 1 aromatic rings. The molecule has 0 saturated carbocycles. The van der Waals surface area contributed by atoms with Crippen LogP contribution in [0.5, 0.6) is 0 Å². The molecule has 2 aliphatic heterocycles. The van der Waals surface area contributed by atoms with Crippen LogP contribution in [0.25, 0.3) is 0 Å². The quantitative estimate of drug-likeness (QED) is 0.870. The van der Waals surface area contributed by atoms with Crippen LogP contribution in [-0.4, -0.2) is 42.9 Å². The summed E-state index contributed by atoms with van der Waals surface area (Å²) in [5, 5.41) is 6.28. The van der Waals surface area contributed by atoms with Crippen LogP contribution in [0.4, 0.5) is 5.69 Å². The Balaban J connectivity index is 1.46. The Hall–Kier alpha value is -1.88. The van der Waals surface area contributed by atoms with Gasteiger partial charge >= 0.3 is 0 Å². The highest BCUT2D eigenvalue weighted by Crippen LogP contribution is 2.17. The van der Waals surface area contributed by atoms with Gasteiger partial charge < -0.3 is 15.5 Å². The molecule has 0 spiro atoms. The Morgan fingerprint density at radius 2 is 1.75 bits per heavy atom. The summed E-state index contributed by atoms with van der Waals surface area (Å²) in [7, 11) is 0. The molecule has 130 valence electrons. The minimum absolute atomic E-state index is 0.115. The van der Waals surface area contributed by atoms with E-state index in [2.05, 4.69) is 10.6 Å². The summed E-state index contributed by atoms with van der Waals surface area (Å²) in [6, 6.07) is 7.90. The van der Waals surface area contributed by atoms with Gasteiger partial charge in [0.05, 0.1) is 0 Å². The molecule has 2 aliphatic rings. The van der Waals surface area contributed by atoms with Crippen LogP contribution >= 0.6 is 0 Å². The van der Waals surface area contributed by atoms with Gasteiger partial charge in [-0.25, -0.2) is 0 Å². The van der Waals surface area contributed by atoms with Crippen LogP contribution < -0.4 is 10.6 Å². The first kappa shape index (κ1) is 17.0. The first-order chi connectivity index (χ1) is 11.7. The first-order valence-corrected chi connectivity index (χ1v) is 9.11. The fourth-order valence-corrected chi connectivity index (χ4v) is 3.46. The monoisotopic (exact) mass is 329 g/mol. The number of benzene rings is 1. The van der Waals surface area contributed by atoms with Crippen molar-refractivity contribution in [2.24, 2.45) is 5.92 Å². The molecule has 0 radical (unpaired) electrons. The van der Waals surface area contributed by atoms with E-state index in [9.17, 15) is 9.59 Å². The molecule has 2 fully saturated rings. The van der Waals surface area contributed by atoms with Gasteiger partial charge in [0.15, 0.2) is 0 Å². The molecule has 5 heteroatoms. The highest BCUT2D eigenvalue weighted by molar-refractivity contribution is 5.92. The number of carbonyl (C=O) groups excluding carboxylic acids is 2. The highest BCUT2D eigenvalue weighted by atomic mass is 16.2. The van der Waals surface area contributed by atoms with Gasteiger partial charge in [-0.05, 0) is 62.9 Å². The van der Waals surface area contributed by atoms with E-state index in [-0.39, 0.29) is 17.7 Å². The maximum absolute atomic E-state index is 12.2. The Bertz CT molecular complexity index is 558. The fourth-order valence-electron chi connectivity index (χ4n) is 3.46. The van der Waals surface area contributed by atoms with Crippen LogP contribution in [0.1, 0.15) is 37.7 Å². The minimum atomic E-state index is 0.115. The molecule has 0 aromatic heterocycles. The maximum Gasteiger partial charge on any atom is 0.227 e. The normalized spacial score (nSPS) is 18.6. The molecule has 2 heterocycles. The van der Waals surface area contributed by atoms with Crippen molar-refractivity contribution in [3.8, 4) is 0 Å². The van der Waals surface area contributed by atoms with E-state index < -0.39 is 0 Å². The average molecular weight is 329 g/mol. The minimum Gasteiger partial charge on any atom is -0.343 e. The second-order valence-electron chi connectivity index (χ2n) is 6.80. The number of piperidine rings is 1. The lowest BCUT2D eigenvalue weighted by atomic mass is 9.97. The predicted molar refractivity (Wildman–Crippen MR) is 94.8 cm³/mol. The molecule has 5 nitrogen and oxygen atoms in total. The van der Waals surface area contributed by atoms with Gasteiger partial charge in [0, 0.05) is 31.1 Å². The van der Waals surface area contributed by atoms with E-state index in [0.29, 0.717) is 6.42 Å². The summed E-state index contributed by atoms with van der Waals surface area (Å²) >= 11 is 0. The molecule has 2 saturated heterocycles. The van der Waals surface area contributed by atoms with Crippen LogP contribution in [0, 0.1) is 5.92 Å². The van der Waals surface area contributed by atoms with Gasteiger partial charge in [-0.1, -0.05) is 12.1 Å². The van der Waals surface area contributed by atoms with Gasteiger partial charge in [0.25, 0.3) is 0 Å². The van der Waals surface area contributed by atoms with E-state index in [0.717, 1.165) is 69.5 Å². The van der Waals surface area contributed by atoms with Gasteiger partial charge in [-0.3, -0.25) is 9.59 Å². The predicted octanol–water partition coefficient (Wildman–Crippen LogP) is 2.18. The van der Waals surface area contributed by atoms with Crippen LogP contribution in [0.15, 0.2) is 24.3 Å². The third-order valence-electron chi connectivity index (χ3n) is 5.02. The SMILES string of the molecule is O=C(Nc1ccc(CCC(=O)N2CCCC2)cc1)C1CCNCC1. The molecule has 3 rings (SSSR count). The Labute approximate surface area is 143 Å². The Kier molecular flexibility index (Phi) is 5.86. The molecule has 0 atom stereocenters. The molecule has 1 aromatic carbocycles. The van der Waals surface area contributed by atoms with Crippen molar-refractivity contribution in [2.45, 2.75) is 38.5 Å². The third-order valence-corrected chi connectivity index (χ3v) is 5.02. The molecule has 2 amide bonds. The number of anilines is 1. The smallest absolute Gasteiger partial charge is 0.227 e. The molecule has 0 aliphatic carbocycles. The number of amides is 2. The number of carbonyl (C=O) groups is 2. The van der Waals surface area contributed by atoms with E-state index in [1.807, 2.05) is 29.2 Å². The standard InChI is InChI=1S/C19H27N3O2/c23-18(22-13-1-2-14-22)8-5-15-3-6-17(7-4-15)21-19(24)16-9-11-20-12-10-16/h3-4,6-7,16,20H,1-2,5,8-14H2,(H,21,24). The average Bonchev–Trinajstić information content (AvgIpc) is 3.16. The van der Waals surface area contributed by atoms with Gasteiger partial charge in [-0.2, -0.15) is 0 Å². The summed E-state index contributed by atoms with van der Waals surface area (Å²) in [5.41, 5.74) is 1.98. The third kappa shape index (κ3) is 4.57. The van der Waals surface area contributed by atoms with Crippen LogP contribution in [0.3, 0.4) is 0 Å². The highest BCUT2D eigenvalue weighted by Gasteiger charge is 2.21. The number of nitrogens with one attached hydrogen (secondary N) is 2. The van der Waals surface area contributed by atoms with Gasteiger partial charge in [0.1, 0.15) is 0 Å². The lowest BCUT2D eigenvalue weighted by molar-refractivity contribution is -0.130. The number of aryl methyl sites for hydroxylation is 1. The second-order valence-corrected chi connectivity index (χ2v) is 6.80. The van der Waals surface area contributed by atoms with Crippen molar-refractivity contribution in [1.29, 1.82) is 0 Å². The zero-order valence-corrected chi connectivity index (χ0v) is 14.2. The van der Waals surface area contributed by atoms with Crippen molar-refractivity contribution in [3.63, 3.8) is 0 Å². The number of rotatable bonds is 5. The Morgan fingerprint density at radius 1 is 1.08 bits per heavy atom. The zero-order valence-electron chi connectivity index (χ0n) is 14.2. The van der Waals surface area contributed by atoms with Crippen molar-refractivity contribution < 1.29 is 9.59 Å². The van der Waals surface area contributed by atoms with Crippen molar-refractivity contribution in [2.75, 3.05) is 31.5 Å². The molecule has 24 heavy (non-hydrogen) atoms.